The quantitative estimate of drug-likeness (QED) is 0.514. The van der Waals surface area contributed by atoms with Crippen molar-refractivity contribution >= 4 is 32.2 Å². The Balaban J connectivity index is 2.24. The number of nitrogens with zero attached hydrogens (tertiary/aromatic N) is 2. The first-order chi connectivity index (χ1) is 9.42. The Hall–Kier alpha value is -2.00. The van der Waals surface area contributed by atoms with Gasteiger partial charge in [0.1, 0.15) is 17.2 Å². The van der Waals surface area contributed by atoms with Gasteiger partial charge in [0, 0.05) is 5.38 Å². The number of hydrogen-bond donors (Lipinski definition) is 2. The Morgan fingerprint density at radius 1 is 1.40 bits per heavy atom. The molecule has 0 atom stereocenters. The highest BCUT2D eigenvalue weighted by atomic mass is 32.2. The van der Waals surface area contributed by atoms with Crippen molar-refractivity contribution in [3.05, 3.63) is 41.2 Å². The minimum Gasteiger partial charge on any atom is -0.411 e. The average Bonchev–Trinajstić information content (AvgIpc) is 2.86. The van der Waals surface area contributed by atoms with Crippen LogP contribution in [0.5, 0.6) is 0 Å². The zero-order valence-corrected chi connectivity index (χ0v) is 11.9. The van der Waals surface area contributed by atoms with Crippen LogP contribution in [0.1, 0.15) is 12.6 Å². The Bertz CT molecular complexity index is 739. The lowest BCUT2D eigenvalue weighted by Gasteiger charge is -2.04. The number of benzene rings is 1. The van der Waals surface area contributed by atoms with E-state index < -0.39 is 15.8 Å². The molecule has 0 bridgehead atoms. The summed E-state index contributed by atoms with van der Waals surface area (Å²) in [6.45, 7) is 1.54. The molecule has 2 N–H and O–H groups in total. The smallest absolute Gasteiger partial charge is 0.263 e. The second-order valence-corrected chi connectivity index (χ2v) is 6.32. The van der Waals surface area contributed by atoms with Crippen LogP contribution in [0.4, 0.5) is 9.52 Å². The topological polar surface area (TPSA) is 91.7 Å². The lowest BCUT2D eigenvalue weighted by atomic mass is 10.3. The molecule has 1 heterocycles. The van der Waals surface area contributed by atoms with E-state index in [4.69, 9.17) is 5.21 Å². The molecule has 0 radical (unpaired) electrons. The third-order valence-corrected chi connectivity index (χ3v) is 4.61. The highest BCUT2D eigenvalue weighted by Crippen LogP contribution is 2.20. The molecule has 6 nitrogen and oxygen atoms in total. The number of hydrogen-bond acceptors (Lipinski definition) is 6. The highest BCUT2D eigenvalue weighted by molar-refractivity contribution is 7.93. The van der Waals surface area contributed by atoms with Crippen molar-refractivity contribution in [2.45, 2.75) is 11.8 Å². The Morgan fingerprint density at radius 2 is 2.05 bits per heavy atom. The molecule has 0 spiro atoms. The van der Waals surface area contributed by atoms with E-state index in [1.54, 1.807) is 5.38 Å². The first-order valence-corrected chi connectivity index (χ1v) is 7.71. The molecule has 9 heteroatoms. The van der Waals surface area contributed by atoms with Crippen molar-refractivity contribution in [1.82, 2.24) is 4.98 Å². The van der Waals surface area contributed by atoms with Crippen LogP contribution in [0.3, 0.4) is 0 Å². The van der Waals surface area contributed by atoms with Gasteiger partial charge in [-0.05, 0) is 31.2 Å². The van der Waals surface area contributed by atoms with Crippen molar-refractivity contribution in [3.63, 3.8) is 0 Å². The normalized spacial score (nSPS) is 12.4. The zero-order chi connectivity index (χ0) is 14.8. The molecule has 0 aliphatic heterocycles. The number of anilines is 1. The standard InChI is InChI=1S/C11H10FN3O3S2/c1-7(14-16)10-6-19-11(13-10)15-20(17,18)9-4-2-8(12)3-5-9/h2-6,16H,1H3,(H,13,15). The number of oxime groups is 1. The van der Waals surface area contributed by atoms with Crippen LogP contribution in [0.2, 0.25) is 0 Å². The zero-order valence-electron chi connectivity index (χ0n) is 10.2. The fourth-order valence-electron chi connectivity index (χ4n) is 1.33. The summed E-state index contributed by atoms with van der Waals surface area (Å²) in [7, 11) is -3.82. The molecule has 0 saturated carbocycles. The van der Waals surface area contributed by atoms with Crippen molar-refractivity contribution < 1.29 is 18.0 Å². The van der Waals surface area contributed by atoms with Gasteiger partial charge in [-0.15, -0.1) is 11.3 Å². The molecule has 1 aromatic carbocycles. The first-order valence-electron chi connectivity index (χ1n) is 5.35. The molecule has 1 aromatic heterocycles. The van der Waals surface area contributed by atoms with E-state index >= 15 is 0 Å². The van der Waals surface area contributed by atoms with Crippen LogP contribution < -0.4 is 4.72 Å². The Morgan fingerprint density at radius 3 is 2.65 bits per heavy atom. The lowest BCUT2D eigenvalue weighted by Crippen LogP contribution is -2.13. The molecular weight excluding hydrogens is 305 g/mol. The second-order valence-electron chi connectivity index (χ2n) is 3.78. The van der Waals surface area contributed by atoms with Gasteiger partial charge in [-0.3, -0.25) is 4.72 Å². The van der Waals surface area contributed by atoms with Gasteiger partial charge in [0.15, 0.2) is 5.13 Å². The number of sulfonamides is 1. The van der Waals surface area contributed by atoms with Crippen LogP contribution in [0.15, 0.2) is 39.7 Å². The summed E-state index contributed by atoms with van der Waals surface area (Å²) >= 11 is 1.05. The number of aromatic nitrogens is 1. The maximum atomic E-state index is 12.8. The van der Waals surface area contributed by atoms with Crippen LogP contribution in [0, 0.1) is 5.82 Å². The number of nitrogens with one attached hydrogen (secondary N) is 1. The van der Waals surface area contributed by atoms with Gasteiger partial charge in [-0.25, -0.2) is 17.8 Å². The predicted octanol–water partition coefficient (Wildman–Crippen LogP) is 2.28. The van der Waals surface area contributed by atoms with E-state index in [1.165, 1.54) is 6.92 Å². The minimum absolute atomic E-state index is 0.0665. The van der Waals surface area contributed by atoms with Crippen LogP contribution >= 0.6 is 11.3 Å². The third-order valence-electron chi connectivity index (χ3n) is 2.37. The van der Waals surface area contributed by atoms with Gasteiger partial charge in [-0.2, -0.15) is 0 Å². The summed E-state index contributed by atoms with van der Waals surface area (Å²) < 4.78 is 39.1. The summed E-state index contributed by atoms with van der Waals surface area (Å²) in [6.07, 6.45) is 0. The molecule has 0 amide bonds. The number of thiazole rings is 1. The van der Waals surface area contributed by atoms with Gasteiger partial charge in [0.05, 0.1) is 4.90 Å². The van der Waals surface area contributed by atoms with Crippen molar-refractivity contribution in [2.75, 3.05) is 4.72 Å². The van der Waals surface area contributed by atoms with Crippen LogP contribution in [0.25, 0.3) is 0 Å². The maximum Gasteiger partial charge on any atom is 0.263 e. The lowest BCUT2D eigenvalue weighted by molar-refractivity contribution is 0.319. The van der Waals surface area contributed by atoms with E-state index in [0.717, 1.165) is 35.6 Å². The van der Waals surface area contributed by atoms with E-state index in [0.29, 0.717) is 5.69 Å². The highest BCUT2D eigenvalue weighted by Gasteiger charge is 2.16. The van der Waals surface area contributed by atoms with Crippen LogP contribution in [-0.2, 0) is 10.0 Å². The molecule has 2 rings (SSSR count). The first kappa shape index (κ1) is 14.4. The molecular formula is C11H10FN3O3S2. The summed E-state index contributed by atoms with van der Waals surface area (Å²) in [5.41, 5.74) is 0.641. The SMILES string of the molecule is CC(=NO)c1csc(NS(=O)(=O)c2ccc(F)cc2)n1. The maximum absolute atomic E-state index is 12.8. The summed E-state index contributed by atoms with van der Waals surface area (Å²) in [4.78, 5) is 3.91. The van der Waals surface area contributed by atoms with Crippen LogP contribution in [-0.4, -0.2) is 24.3 Å². The number of rotatable bonds is 4. The van der Waals surface area contributed by atoms with E-state index in [9.17, 15) is 12.8 Å². The van der Waals surface area contributed by atoms with Crippen molar-refractivity contribution in [1.29, 1.82) is 0 Å². The third kappa shape index (κ3) is 3.11. The molecule has 0 fully saturated rings. The predicted molar refractivity (Wildman–Crippen MR) is 73.3 cm³/mol. The van der Waals surface area contributed by atoms with E-state index in [2.05, 4.69) is 14.9 Å². The van der Waals surface area contributed by atoms with Crippen molar-refractivity contribution in [3.8, 4) is 0 Å². The molecule has 106 valence electrons. The largest absolute Gasteiger partial charge is 0.411 e. The van der Waals surface area contributed by atoms with Crippen molar-refractivity contribution in [2.24, 2.45) is 5.16 Å². The summed E-state index contributed by atoms with van der Waals surface area (Å²) in [5, 5.41) is 13.3. The Kier molecular flexibility index (Phi) is 4.00. The fourth-order valence-corrected chi connectivity index (χ4v) is 3.33. The Labute approximate surface area is 118 Å². The molecule has 20 heavy (non-hydrogen) atoms. The molecule has 0 aliphatic carbocycles. The second kappa shape index (κ2) is 5.55. The van der Waals surface area contributed by atoms with Gasteiger partial charge in [0.2, 0.25) is 0 Å². The van der Waals surface area contributed by atoms with E-state index in [-0.39, 0.29) is 15.7 Å². The molecule has 2 aromatic rings. The monoisotopic (exact) mass is 315 g/mol. The van der Waals surface area contributed by atoms with E-state index in [1.807, 2.05) is 0 Å². The molecule has 0 unspecified atom stereocenters. The number of halogens is 1. The van der Waals surface area contributed by atoms with Gasteiger partial charge < -0.3 is 5.21 Å². The van der Waals surface area contributed by atoms with Gasteiger partial charge in [0.25, 0.3) is 10.0 Å². The van der Waals surface area contributed by atoms with Gasteiger partial charge in [-0.1, -0.05) is 5.16 Å². The molecule has 0 aliphatic rings. The molecule has 0 saturated heterocycles. The average molecular weight is 315 g/mol. The fraction of sp³-hybridized carbons (Fsp3) is 0.0909. The summed E-state index contributed by atoms with van der Waals surface area (Å²) in [6, 6.07) is 4.44. The summed E-state index contributed by atoms with van der Waals surface area (Å²) in [5.74, 6) is -0.518. The minimum atomic E-state index is -3.82. The van der Waals surface area contributed by atoms with Gasteiger partial charge >= 0.3 is 0 Å².